The van der Waals surface area contributed by atoms with E-state index in [4.69, 9.17) is 4.98 Å². The second kappa shape index (κ2) is 9.51. The molecule has 6 aromatic rings. The van der Waals surface area contributed by atoms with Gasteiger partial charge in [0.1, 0.15) is 17.0 Å². The summed E-state index contributed by atoms with van der Waals surface area (Å²) < 4.78 is 15.2. The molecule has 0 aliphatic carbocycles. The summed E-state index contributed by atoms with van der Waals surface area (Å²) in [6.07, 6.45) is 9.38. The molecule has 9 heteroatoms. The van der Waals surface area contributed by atoms with Crippen LogP contribution in [0, 0.1) is 11.7 Å². The third kappa shape index (κ3) is 4.39. The topological polar surface area (TPSA) is 108 Å². The van der Waals surface area contributed by atoms with E-state index < -0.39 is 0 Å². The Balaban J connectivity index is 1.41. The quantitative estimate of drug-likeness (QED) is 0.222. The molecule has 5 heterocycles. The maximum atomic E-state index is 15.2. The van der Waals surface area contributed by atoms with Gasteiger partial charge in [-0.2, -0.15) is 5.10 Å². The van der Waals surface area contributed by atoms with E-state index in [0.717, 1.165) is 40.0 Å². The van der Waals surface area contributed by atoms with Gasteiger partial charge >= 0.3 is 0 Å². The van der Waals surface area contributed by atoms with Crippen LogP contribution in [0.4, 0.5) is 10.1 Å². The number of nitrogens with one attached hydrogen (secondary N) is 3. The lowest BCUT2D eigenvalue weighted by atomic mass is 10.0. The number of hydrogen-bond donors (Lipinski definition) is 3. The number of nitrogens with zero attached hydrogens (tertiary/aromatic N) is 5. The van der Waals surface area contributed by atoms with Gasteiger partial charge < -0.3 is 10.3 Å². The van der Waals surface area contributed by atoms with Crippen LogP contribution in [-0.4, -0.2) is 35.1 Å². The Morgan fingerprint density at radius 1 is 1.00 bits per heavy atom. The molecule has 6 rings (SSSR count). The van der Waals surface area contributed by atoms with Crippen molar-refractivity contribution >= 4 is 27.6 Å². The van der Waals surface area contributed by atoms with Crippen LogP contribution in [0.2, 0.25) is 0 Å². The molecule has 0 amide bonds. The molecular formula is C29H25FN8. The fourth-order valence-corrected chi connectivity index (χ4v) is 4.60. The molecule has 1 aromatic carbocycles. The number of hydrogen-bond acceptors (Lipinski definition) is 6. The Morgan fingerprint density at radius 2 is 1.87 bits per heavy atom. The van der Waals surface area contributed by atoms with Gasteiger partial charge in [-0.15, -0.1) is 0 Å². The number of halogens is 1. The monoisotopic (exact) mass is 504 g/mol. The van der Waals surface area contributed by atoms with E-state index in [0.29, 0.717) is 39.6 Å². The van der Waals surface area contributed by atoms with E-state index in [1.54, 1.807) is 37.1 Å². The molecule has 0 unspecified atom stereocenters. The van der Waals surface area contributed by atoms with Crippen molar-refractivity contribution in [1.82, 2.24) is 35.1 Å². The predicted molar refractivity (Wildman–Crippen MR) is 148 cm³/mol. The predicted octanol–water partition coefficient (Wildman–Crippen LogP) is 6.74. The molecule has 3 N–H and O–H groups in total. The lowest BCUT2D eigenvalue weighted by Gasteiger charge is -2.12. The first kappa shape index (κ1) is 23.5. The molecule has 0 atom stereocenters. The molecule has 38 heavy (non-hydrogen) atoms. The van der Waals surface area contributed by atoms with E-state index in [1.165, 1.54) is 6.07 Å². The minimum Gasteiger partial charge on any atom is -0.358 e. The van der Waals surface area contributed by atoms with E-state index in [-0.39, 0.29) is 5.82 Å². The number of pyridine rings is 3. The van der Waals surface area contributed by atoms with Crippen molar-refractivity contribution in [2.45, 2.75) is 20.3 Å². The van der Waals surface area contributed by atoms with Crippen molar-refractivity contribution in [3.8, 4) is 33.9 Å². The molecule has 0 saturated carbocycles. The maximum Gasteiger partial charge on any atom is 0.159 e. The Hall–Kier alpha value is -4.92. The van der Waals surface area contributed by atoms with Gasteiger partial charge in [0.25, 0.3) is 0 Å². The Bertz CT molecular complexity index is 1790. The third-order valence-electron chi connectivity index (χ3n) is 6.24. The largest absolute Gasteiger partial charge is 0.358 e. The van der Waals surface area contributed by atoms with Crippen molar-refractivity contribution < 1.29 is 4.39 Å². The molecule has 5 aromatic heterocycles. The van der Waals surface area contributed by atoms with Crippen LogP contribution in [0.1, 0.15) is 20.3 Å². The first-order valence-electron chi connectivity index (χ1n) is 12.3. The summed E-state index contributed by atoms with van der Waals surface area (Å²) in [7, 11) is 0. The summed E-state index contributed by atoms with van der Waals surface area (Å²) in [5.74, 6) is 0.653. The first-order chi connectivity index (χ1) is 18.5. The first-order valence-corrected chi connectivity index (χ1v) is 12.3. The lowest BCUT2D eigenvalue weighted by Crippen LogP contribution is -2.02. The average Bonchev–Trinajstić information content (AvgIpc) is 3.52. The molecule has 0 saturated heterocycles. The Labute approximate surface area is 218 Å². The van der Waals surface area contributed by atoms with Crippen LogP contribution in [0.5, 0.6) is 0 Å². The summed E-state index contributed by atoms with van der Waals surface area (Å²) >= 11 is 0. The molecule has 0 spiro atoms. The summed E-state index contributed by atoms with van der Waals surface area (Å²) in [5.41, 5.74) is 6.97. The molecule has 0 aliphatic heterocycles. The maximum absolute atomic E-state index is 15.2. The van der Waals surface area contributed by atoms with Crippen molar-refractivity contribution in [3.05, 3.63) is 85.5 Å². The third-order valence-corrected chi connectivity index (χ3v) is 6.24. The zero-order valence-electron chi connectivity index (χ0n) is 21.0. The van der Waals surface area contributed by atoms with Crippen LogP contribution < -0.4 is 5.32 Å². The van der Waals surface area contributed by atoms with Gasteiger partial charge in [0.15, 0.2) is 5.82 Å². The van der Waals surface area contributed by atoms with Gasteiger partial charge in [0.05, 0.1) is 28.6 Å². The van der Waals surface area contributed by atoms with E-state index in [2.05, 4.69) is 55.9 Å². The normalized spacial score (nSPS) is 11.5. The smallest absolute Gasteiger partial charge is 0.159 e. The number of aromatic nitrogens is 7. The van der Waals surface area contributed by atoms with Gasteiger partial charge in [0.2, 0.25) is 0 Å². The minimum atomic E-state index is -0.375. The summed E-state index contributed by atoms with van der Waals surface area (Å²) in [6, 6.07) is 10.8. The van der Waals surface area contributed by atoms with E-state index in [1.807, 2.05) is 24.3 Å². The molecular weight excluding hydrogens is 479 g/mol. The zero-order valence-corrected chi connectivity index (χ0v) is 21.0. The number of allylic oxidation sites excluding steroid dienone is 1. The summed E-state index contributed by atoms with van der Waals surface area (Å²) in [6.45, 7) is 8.35. The molecule has 0 bridgehead atoms. The van der Waals surface area contributed by atoms with Gasteiger partial charge in [0, 0.05) is 58.6 Å². The van der Waals surface area contributed by atoms with Crippen molar-refractivity contribution in [2.24, 2.45) is 5.92 Å². The fraction of sp³-hybridized carbons (Fsp3) is 0.138. The number of anilines is 1. The van der Waals surface area contributed by atoms with Crippen molar-refractivity contribution in [2.75, 3.05) is 5.32 Å². The highest BCUT2D eigenvalue weighted by molar-refractivity contribution is 5.97. The number of rotatable bonds is 7. The van der Waals surface area contributed by atoms with E-state index >= 15 is 4.39 Å². The number of aromatic amines is 2. The summed E-state index contributed by atoms with van der Waals surface area (Å²) in [4.78, 5) is 21.2. The average molecular weight is 505 g/mol. The number of imidazole rings is 1. The SMILES string of the molecule is C=C(CC(C)C)Nc1cncc(-c2cc3c(-c4nc5c(-c6cccnc6)nccc5[nH]4)n[nH]c3cc2F)c1. The molecule has 0 fully saturated rings. The highest BCUT2D eigenvalue weighted by Crippen LogP contribution is 2.34. The van der Waals surface area contributed by atoms with Gasteiger partial charge in [-0.3, -0.25) is 20.1 Å². The lowest BCUT2D eigenvalue weighted by molar-refractivity contribution is 0.632. The van der Waals surface area contributed by atoms with Crippen LogP contribution >= 0.6 is 0 Å². The number of benzene rings is 1. The molecule has 0 aliphatic rings. The van der Waals surface area contributed by atoms with Crippen LogP contribution in [0.25, 0.3) is 55.8 Å². The van der Waals surface area contributed by atoms with Crippen molar-refractivity contribution in [1.29, 1.82) is 0 Å². The van der Waals surface area contributed by atoms with Crippen LogP contribution in [0.3, 0.4) is 0 Å². The minimum absolute atomic E-state index is 0.375. The van der Waals surface area contributed by atoms with Gasteiger partial charge in [-0.25, -0.2) is 9.37 Å². The fourth-order valence-electron chi connectivity index (χ4n) is 4.60. The highest BCUT2D eigenvalue weighted by atomic mass is 19.1. The second-order valence-electron chi connectivity index (χ2n) is 9.62. The molecule has 188 valence electrons. The van der Waals surface area contributed by atoms with Crippen LogP contribution in [0.15, 0.2) is 79.7 Å². The van der Waals surface area contributed by atoms with Gasteiger partial charge in [-0.05, 0) is 42.7 Å². The Morgan fingerprint density at radius 3 is 2.68 bits per heavy atom. The second-order valence-corrected chi connectivity index (χ2v) is 9.62. The van der Waals surface area contributed by atoms with E-state index in [9.17, 15) is 0 Å². The number of fused-ring (bicyclic) bond motifs is 2. The molecule has 0 radical (unpaired) electrons. The Kier molecular flexibility index (Phi) is 5.88. The zero-order chi connectivity index (χ0) is 26.2. The molecule has 8 nitrogen and oxygen atoms in total. The van der Waals surface area contributed by atoms with Gasteiger partial charge in [-0.1, -0.05) is 20.4 Å². The standard InChI is InChI=1S/C29H25FN8/c1-16(2)9-17(3)34-20-10-19(14-32-15-20)21-11-22-25(12-23(21)30)37-38-27(22)29-35-24-6-8-33-26(28(24)36-29)18-5-4-7-31-13-18/h4-8,10-16,34H,3,9H2,1-2H3,(H,35,36)(H,37,38). The van der Waals surface area contributed by atoms with Crippen molar-refractivity contribution in [3.63, 3.8) is 0 Å². The highest BCUT2D eigenvalue weighted by Gasteiger charge is 2.18. The van der Waals surface area contributed by atoms with Crippen LogP contribution in [-0.2, 0) is 0 Å². The summed E-state index contributed by atoms with van der Waals surface area (Å²) in [5, 5.41) is 11.4. The number of H-pyrrole nitrogens is 2.